The molecule has 2 aliphatic rings. The van der Waals surface area contributed by atoms with E-state index in [0.717, 1.165) is 11.8 Å². The molecule has 0 aliphatic carbocycles. The lowest BCUT2D eigenvalue weighted by Gasteiger charge is -2.29. The Morgan fingerprint density at radius 2 is 2.24 bits per heavy atom. The van der Waals surface area contributed by atoms with Crippen LogP contribution in [0.5, 0.6) is 0 Å². The molecule has 92 valence electrons. The van der Waals surface area contributed by atoms with Gasteiger partial charge in [-0.1, -0.05) is 18.2 Å². The van der Waals surface area contributed by atoms with E-state index in [1.54, 1.807) is 0 Å². The lowest BCUT2D eigenvalue weighted by molar-refractivity contribution is 0.517. The highest BCUT2D eigenvalue weighted by molar-refractivity contribution is 8.01. The van der Waals surface area contributed by atoms with E-state index in [4.69, 9.17) is 5.73 Å². The van der Waals surface area contributed by atoms with Gasteiger partial charge in [-0.15, -0.1) is 11.8 Å². The van der Waals surface area contributed by atoms with Crippen molar-refractivity contribution in [2.75, 3.05) is 12.3 Å². The minimum Gasteiger partial charge on any atom is -0.329 e. The summed E-state index contributed by atoms with van der Waals surface area (Å²) in [5.74, 6) is 1.31. The highest BCUT2D eigenvalue weighted by atomic mass is 32.2. The second-order valence-corrected chi connectivity index (χ2v) is 8.00. The van der Waals surface area contributed by atoms with E-state index >= 15 is 0 Å². The van der Waals surface area contributed by atoms with Gasteiger partial charge in [-0.05, 0) is 43.1 Å². The number of benzene rings is 1. The van der Waals surface area contributed by atoms with E-state index in [2.05, 4.69) is 47.8 Å². The van der Waals surface area contributed by atoms with Crippen LogP contribution in [-0.4, -0.2) is 22.3 Å². The Morgan fingerprint density at radius 1 is 1.35 bits per heavy atom. The fourth-order valence-corrected chi connectivity index (χ4v) is 5.98. The zero-order valence-corrected chi connectivity index (χ0v) is 11.7. The summed E-state index contributed by atoms with van der Waals surface area (Å²) >= 11 is 4.19. The number of fused-ring (bicyclic) bond motifs is 1. The molecular weight excluding hydrogens is 246 g/mol. The summed E-state index contributed by atoms with van der Waals surface area (Å²) in [5, 5.41) is 0.751. The number of thioether (sulfide) groups is 2. The molecule has 1 aromatic rings. The number of nitrogens with two attached hydrogens (primary N) is 1. The predicted octanol–water partition coefficient (Wildman–Crippen LogP) is 3.32. The SMILES string of the molecule is NCC1(CC2Cc3ccccc3S2)CCCS1. The van der Waals surface area contributed by atoms with E-state index in [1.807, 2.05) is 0 Å². The maximum atomic E-state index is 6.02. The van der Waals surface area contributed by atoms with E-state index in [1.165, 1.54) is 41.9 Å². The van der Waals surface area contributed by atoms with Crippen molar-refractivity contribution in [3.63, 3.8) is 0 Å². The molecule has 17 heavy (non-hydrogen) atoms. The third kappa shape index (κ3) is 2.38. The topological polar surface area (TPSA) is 26.0 Å². The largest absolute Gasteiger partial charge is 0.329 e. The molecule has 2 unspecified atom stereocenters. The first-order chi connectivity index (χ1) is 8.31. The normalized spacial score (nSPS) is 31.7. The standard InChI is InChI=1S/C14H19NS2/c15-10-14(6-3-7-16-14)9-12-8-11-4-1-2-5-13(11)17-12/h1-2,4-5,12H,3,6-10,15H2. The van der Waals surface area contributed by atoms with Gasteiger partial charge in [0.15, 0.2) is 0 Å². The van der Waals surface area contributed by atoms with Gasteiger partial charge in [-0.25, -0.2) is 0 Å². The van der Waals surface area contributed by atoms with E-state index in [0.29, 0.717) is 4.75 Å². The van der Waals surface area contributed by atoms with Crippen molar-refractivity contribution in [1.29, 1.82) is 0 Å². The molecule has 0 bridgehead atoms. The highest BCUT2D eigenvalue weighted by Crippen LogP contribution is 2.47. The monoisotopic (exact) mass is 265 g/mol. The van der Waals surface area contributed by atoms with Gasteiger partial charge in [-0.3, -0.25) is 0 Å². The van der Waals surface area contributed by atoms with Crippen LogP contribution < -0.4 is 5.73 Å². The minimum absolute atomic E-state index is 0.389. The lowest BCUT2D eigenvalue weighted by atomic mass is 9.95. The van der Waals surface area contributed by atoms with E-state index in [9.17, 15) is 0 Å². The van der Waals surface area contributed by atoms with Crippen molar-refractivity contribution in [2.24, 2.45) is 5.73 Å². The molecule has 1 fully saturated rings. The molecule has 0 amide bonds. The average Bonchev–Trinajstić information content (AvgIpc) is 2.95. The lowest BCUT2D eigenvalue weighted by Crippen LogP contribution is -2.34. The molecule has 2 aliphatic heterocycles. The molecule has 0 spiro atoms. The predicted molar refractivity (Wildman–Crippen MR) is 77.9 cm³/mol. The Kier molecular flexibility index (Phi) is 3.42. The van der Waals surface area contributed by atoms with Crippen LogP contribution >= 0.6 is 23.5 Å². The molecule has 0 saturated carbocycles. The minimum atomic E-state index is 0.389. The molecule has 0 aromatic heterocycles. The Morgan fingerprint density at radius 3 is 2.94 bits per heavy atom. The first-order valence-corrected chi connectivity index (χ1v) is 8.26. The maximum absolute atomic E-state index is 6.02. The molecule has 2 N–H and O–H groups in total. The van der Waals surface area contributed by atoms with Gasteiger partial charge in [0.1, 0.15) is 0 Å². The molecule has 3 rings (SSSR count). The summed E-state index contributed by atoms with van der Waals surface area (Å²) in [6.07, 6.45) is 5.20. The summed E-state index contributed by atoms with van der Waals surface area (Å²) in [6, 6.07) is 8.85. The summed E-state index contributed by atoms with van der Waals surface area (Å²) in [6.45, 7) is 0.852. The number of hydrogen-bond donors (Lipinski definition) is 1. The molecule has 3 heteroatoms. The number of rotatable bonds is 3. The summed E-state index contributed by atoms with van der Waals surface area (Å²) in [4.78, 5) is 1.49. The third-order valence-electron chi connectivity index (χ3n) is 3.87. The highest BCUT2D eigenvalue weighted by Gasteiger charge is 2.37. The molecule has 2 heterocycles. The first kappa shape index (κ1) is 11.9. The maximum Gasteiger partial charge on any atom is 0.0293 e. The summed E-state index contributed by atoms with van der Waals surface area (Å²) in [5.41, 5.74) is 7.56. The van der Waals surface area contributed by atoms with Crippen LogP contribution in [0.1, 0.15) is 24.8 Å². The van der Waals surface area contributed by atoms with Gasteiger partial charge in [0, 0.05) is 21.4 Å². The van der Waals surface area contributed by atoms with Crippen molar-refractivity contribution in [1.82, 2.24) is 0 Å². The van der Waals surface area contributed by atoms with Crippen LogP contribution in [0.4, 0.5) is 0 Å². The number of hydrogen-bond acceptors (Lipinski definition) is 3. The van der Waals surface area contributed by atoms with E-state index in [-0.39, 0.29) is 0 Å². The fourth-order valence-electron chi connectivity index (χ4n) is 2.94. The zero-order chi connectivity index (χ0) is 11.7. The van der Waals surface area contributed by atoms with Crippen molar-refractivity contribution >= 4 is 23.5 Å². The quantitative estimate of drug-likeness (QED) is 0.908. The summed E-state index contributed by atoms with van der Waals surface area (Å²) in [7, 11) is 0. The van der Waals surface area contributed by atoms with Gasteiger partial charge in [0.2, 0.25) is 0 Å². The molecule has 1 nitrogen and oxygen atoms in total. The van der Waals surface area contributed by atoms with Crippen LogP contribution in [0.2, 0.25) is 0 Å². The second kappa shape index (κ2) is 4.87. The Hall–Kier alpha value is -0.120. The average molecular weight is 265 g/mol. The van der Waals surface area contributed by atoms with Crippen LogP contribution in [0, 0.1) is 0 Å². The van der Waals surface area contributed by atoms with E-state index < -0.39 is 0 Å². The van der Waals surface area contributed by atoms with Crippen LogP contribution in [0.15, 0.2) is 29.2 Å². The Balaban J connectivity index is 1.69. The van der Waals surface area contributed by atoms with Crippen molar-refractivity contribution in [3.8, 4) is 0 Å². The molecule has 1 saturated heterocycles. The Bertz CT molecular complexity index is 374. The first-order valence-electron chi connectivity index (χ1n) is 6.40. The zero-order valence-electron chi connectivity index (χ0n) is 10.0. The summed E-state index contributed by atoms with van der Waals surface area (Å²) < 4.78 is 0.389. The van der Waals surface area contributed by atoms with Gasteiger partial charge >= 0.3 is 0 Å². The second-order valence-electron chi connectivity index (χ2n) is 5.09. The third-order valence-corrected chi connectivity index (χ3v) is 6.83. The molecule has 0 radical (unpaired) electrons. The fraction of sp³-hybridized carbons (Fsp3) is 0.571. The van der Waals surface area contributed by atoms with Crippen LogP contribution in [0.25, 0.3) is 0 Å². The molecule has 2 atom stereocenters. The smallest absolute Gasteiger partial charge is 0.0293 e. The van der Waals surface area contributed by atoms with Crippen molar-refractivity contribution in [3.05, 3.63) is 29.8 Å². The van der Waals surface area contributed by atoms with Crippen molar-refractivity contribution < 1.29 is 0 Å². The molecule has 1 aromatic carbocycles. The van der Waals surface area contributed by atoms with Crippen molar-refractivity contribution in [2.45, 2.75) is 40.6 Å². The van der Waals surface area contributed by atoms with Gasteiger partial charge in [0.25, 0.3) is 0 Å². The van der Waals surface area contributed by atoms with Crippen LogP contribution in [-0.2, 0) is 6.42 Å². The van der Waals surface area contributed by atoms with Gasteiger partial charge < -0.3 is 5.73 Å². The molecular formula is C14H19NS2. The van der Waals surface area contributed by atoms with Gasteiger partial charge in [0.05, 0.1) is 0 Å². The Labute approximate surface area is 112 Å². The van der Waals surface area contributed by atoms with Crippen LogP contribution in [0.3, 0.4) is 0 Å². The van der Waals surface area contributed by atoms with Gasteiger partial charge in [-0.2, -0.15) is 11.8 Å².